The highest BCUT2D eigenvalue weighted by molar-refractivity contribution is 5.92. The molecule has 0 aliphatic carbocycles. The maximum atomic E-state index is 12.9. The summed E-state index contributed by atoms with van der Waals surface area (Å²) in [5.74, 6) is 0.238. The van der Waals surface area contributed by atoms with Gasteiger partial charge < -0.3 is 14.3 Å². The van der Waals surface area contributed by atoms with E-state index in [1.54, 1.807) is 17.0 Å². The fourth-order valence-electron chi connectivity index (χ4n) is 3.53. The van der Waals surface area contributed by atoms with Crippen molar-refractivity contribution in [3.63, 3.8) is 0 Å². The fourth-order valence-corrected chi connectivity index (χ4v) is 3.53. The lowest BCUT2D eigenvalue weighted by molar-refractivity contribution is -0.153. The van der Waals surface area contributed by atoms with Crippen molar-refractivity contribution in [3.8, 4) is 0 Å². The van der Waals surface area contributed by atoms with Gasteiger partial charge >= 0.3 is 0 Å². The predicted octanol–water partition coefficient (Wildman–Crippen LogP) is 0.609. The summed E-state index contributed by atoms with van der Waals surface area (Å²) in [4.78, 5) is 31.0. The van der Waals surface area contributed by atoms with Crippen LogP contribution < -0.4 is 0 Å². The van der Waals surface area contributed by atoms with Crippen LogP contribution in [0.1, 0.15) is 23.4 Å². The minimum absolute atomic E-state index is 0.151. The first-order valence-electron chi connectivity index (χ1n) is 7.90. The Morgan fingerprint density at radius 3 is 2.74 bits per heavy atom. The van der Waals surface area contributed by atoms with Gasteiger partial charge in [-0.15, -0.1) is 6.58 Å². The Morgan fingerprint density at radius 2 is 2.13 bits per heavy atom. The normalized spacial score (nSPS) is 21.7. The molecule has 124 valence electrons. The number of amides is 2. The fraction of sp³-hybridized carbons (Fsp3) is 0.562. The molecular weight excluding hydrogens is 296 g/mol. The van der Waals surface area contributed by atoms with E-state index in [2.05, 4.69) is 16.6 Å². The Hall–Kier alpha value is -2.15. The van der Waals surface area contributed by atoms with Crippen molar-refractivity contribution >= 4 is 11.8 Å². The van der Waals surface area contributed by atoms with Gasteiger partial charge in [-0.25, -0.2) is 0 Å². The zero-order valence-electron chi connectivity index (χ0n) is 13.4. The van der Waals surface area contributed by atoms with Gasteiger partial charge in [-0.05, 0) is 19.9 Å². The molecule has 2 fully saturated rings. The van der Waals surface area contributed by atoms with E-state index in [1.807, 2.05) is 11.9 Å². The third-order valence-electron chi connectivity index (χ3n) is 5.00. The first-order valence-corrected chi connectivity index (χ1v) is 7.90. The van der Waals surface area contributed by atoms with Gasteiger partial charge in [0.2, 0.25) is 11.7 Å². The minimum Gasteiger partial charge on any atom is -0.351 e. The lowest BCUT2D eigenvalue weighted by Crippen LogP contribution is -2.67. The average molecular weight is 318 g/mol. The van der Waals surface area contributed by atoms with Crippen molar-refractivity contribution in [1.82, 2.24) is 19.9 Å². The molecule has 3 rings (SSSR count). The molecule has 2 aliphatic heterocycles. The molecule has 0 atom stereocenters. The minimum atomic E-state index is -0.501. The van der Waals surface area contributed by atoms with Crippen molar-refractivity contribution in [3.05, 3.63) is 30.7 Å². The van der Waals surface area contributed by atoms with Crippen LogP contribution in [0.2, 0.25) is 0 Å². The molecule has 7 nitrogen and oxygen atoms in total. The van der Waals surface area contributed by atoms with Crippen molar-refractivity contribution in [2.45, 2.75) is 18.4 Å². The Bertz CT molecular complexity index is 590. The second-order valence-corrected chi connectivity index (χ2v) is 6.16. The molecule has 2 saturated heterocycles. The number of rotatable bonds is 3. The molecule has 23 heavy (non-hydrogen) atoms. The first-order chi connectivity index (χ1) is 11.1. The van der Waals surface area contributed by atoms with Gasteiger partial charge in [0.25, 0.3) is 5.91 Å². The van der Waals surface area contributed by atoms with E-state index in [4.69, 9.17) is 4.52 Å². The molecule has 1 spiro atoms. The Kier molecular flexibility index (Phi) is 4.21. The molecule has 7 heteroatoms. The van der Waals surface area contributed by atoms with E-state index >= 15 is 0 Å². The number of likely N-dealkylation sites (N-methyl/N-ethyl adjacent to an activating group) is 1. The molecule has 3 heterocycles. The zero-order chi connectivity index (χ0) is 16.4. The molecule has 0 N–H and O–H groups in total. The van der Waals surface area contributed by atoms with Gasteiger partial charge in [0.1, 0.15) is 5.54 Å². The topological polar surface area (TPSA) is 69.9 Å². The number of piperidine rings is 1. The average Bonchev–Trinajstić information content (AvgIpc) is 3.10. The number of carbonyl (C=O) groups is 2. The number of piperazine rings is 1. The highest BCUT2D eigenvalue weighted by Crippen LogP contribution is 2.33. The Labute approximate surface area is 135 Å². The molecule has 2 aliphatic rings. The summed E-state index contributed by atoms with van der Waals surface area (Å²) < 4.78 is 4.94. The summed E-state index contributed by atoms with van der Waals surface area (Å²) in [6.45, 7) is 6.95. The largest absolute Gasteiger partial charge is 0.351 e. The number of carbonyl (C=O) groups excluding carboxylic acids is 2. The van der Waals surface area contributed by atoms with Crippen LogP contribution in [0.4, 0.5) is 0 Å². The summed E-state index contributed by atoms with van der Waals surface area (Å²) in [7, 11) is 2.00. The number of hydrogen-bond acceptors (Lipinski definition) is 5. The number of likely N-dealkylation sites (tertiary alicyclic amines) is 1. The van der Waals surface area contributed by atoms with Crippen LogP contribution in [-0.4, -0.2) is 77.0 Å². The van der Waals surface area contributed by atoms with E-state index < -0.39 is 5.54 Å². The highest BCUT2D eigenvalue weighted by atomic mass is 16.5. The van der Waals surface area contributed by atoms with Crippen LogP contribution in [0.5, 0.6) is 0 Å². The molecule has 1 aromatic rings. The molecule has 0 unspecified atom stereocenters. The predicted molar refractivity (Wildman–Crippen MR) is 83.8 cm³/mol. The summed E-state index contributed by atoms with van der Waals surface area (Å²) in [5.41, 5.74) is -0.501. The molecular formula is C16H22N4O3. The van der Waals surface area contributed by atoms with Gasteiger partial charge in [-0.2, -0.15) is 0 Å². The zero-order valence-corrected chi connectivity index (χ0v) is 13.4. The number of nitrogens with zero attached hydrogens (tertiary/aromatic N) is 4. The number of hydrogen-bond donors (Lipinski definition) is 0. The molecule has 2 amide bonds. The smallest absolute Gasteiger partial charge is 0.292 e. The van der Waals surface area contributed by atoms with Gasteiger partial charge in [0.15, 0.2) is 0 Å². The molecule has 0 aromatic carbocycles. The summed E-state index contributed by atoms with van der Waals surface area (Å²) >= 11 is 0. The summed E-state index contributed by atoms with van der Waals surface area (Å²) in [5, 5.41) is 3.58. The van der Waals surface area contributed by atoms with Crippen LogP contribution in [0.15, 0.2) is 29.4 Å². The summed E-state index contributed by atoms with van der Waals surface area (Å²) in [6, 6.07) is 1.57. The van der Waals surface area contributed by atoms with Crippen LogP contribution >= 0.6 is 0 Å². The van der Waals surface area contributed by atoms with Crippen LogP contribution in [0.25, 0.3) is 0 Å². The quantitative estimate of drug-likeness (QED) is 0.764. The van der Waals surface area contributed by atoms with Crippen molar-refractivity contribution < 1.29 is 14.1 Å². The van der Waals surface area contributed by atoms with Crippen LogP contribution in [-0.2, 0) is 4.79 Å². The van der Waals surface area contributed by atoms with Gasteiger partial charge in [-0.3, -0.25) is 14.5 Å². The Morgan fingerprint density at radius 1 is 1.39 bits per heavy atom. The second kappa shape index (κ2) is 6.16. The van der Waals surface area contributed by atoms with Crippen LogP contribution in [0, 0.1) is 0 Å². The molecule has 0 bridgehead atoms. The maximum absolute atomic E-state index is 12.9. The van der Waals surface area contributed by atoms with Gasteiger partial charge in [-0.1, -0.05) is 11.2 Å². The van der Waals surface area contributed by atoms with Crippen molar-refractivity contribution in [2.24, 2.45) is 0 Å². The molecule has 0 radical (unpaired) electrons. The monoisotopic (exact) mass is 318 g/mol. The first kappa shape index (κ1) is 15.7. The third kappa shape index (κ3) is 2.65. The lowest BCUT2D eigenvalue weighted by atomic mass is 9.82. The third-order valence-corrected chi connectivity index (χ3v) is 5.00. The lowest BCUT2D eigenvalue weighted by Gasteiger charge is -2.51. The van der Waals surface area contributed by atoms with E-state index in [1.165, 1.54) is 6.20 Å². The van der Waals surface area contributed by atoms with Gasteiger partial charge in [0.05, 0.1) is 6.20 Å². The van der Waals surface area contributed by atoms with E-state index in [0.717, 1.165) is 13.1 Å². The summed E-state index contributed by atoms with van der Waals surface area (Å²) in [6.07, 6.45) is 4.50. The van der Waals surface area contributed by atoms with Crippen LogP contribution in [0.3, 0.4) is 0 Å². The van der Waals surface area contributed by atoms with Crippen molar-refractivity contribution in [1.29, 1.82) is 0 Å². The second-order valence-electron chi connectivity index (χ2n) is 6.16. The standard InChI is InChI=1S/C16H22N4O3/c1-3-8-20-12-11-18(2)16(15(20)22)5-9-19(10-6-16)14(21)13-4-7-17-23-13/h3-4,7H,1,5-6,8-12H2,2H3. The molecule has 1 aromatic heterocycles. The molecule has 0 saturated carbocycles. The Balaban J connectivity index is 1.72. The highest BCUT2D eigenvalue weighted by Gasteiger charge is 2.49. The van der Waals surface area contributed by atoms with Crippen molar-refractivity contribution in [2.75, 3.05) is 39.8 Å². The van der Waals surface area contributed by atoms with Gasteiger partial charge in [0, 0.05) is 38.8 Å². The van der Waals surface area contributed by atoms with E-state index in [0.29, 0.717) is 32.5 Å². The number of aromatic nitrogens is 1. The maximum Gasteiger partial charge on any atom is 0.292 e. The SMILES string of the molecule is C=CCN1CCN(C)C2(CCN(C(=O)c3ccno3)CC2)C1=O. The van der Waals surface area contributed by atoms with E-state index in [-0.39, 0.29) is 17.6 Å². The van der Waals surface area contributed by atoms with E-state index in [9.17, 15) is 9.59 Å².